The second-order valence-corrected chi connectivity index (χ2v) is 3.32. The molecule has 0 atom stereocenters. The van der Waals surface area contributed by atoms with Crippen molar-refractivity contribution >= 4 is 22.6 Å². The molecule has 1 aromatic heterocycles. The Labute approximate surface area is 94.8 Å². The molecule has 0 aliphatic carbocycles. The fourth-order valence-corrected chi connectivity index (χ4v) is 1.64. The Morgan fingerprint density at radius 3 is 2.76 bits per heavy atom. The van der Waals surface area contributed by atoms with Gasteiger partial charge in [-0.15, -0.1) is 0 Å². The van der Waals surface area contributed by atoms with Crippen molar-refractivity contribution in [2.45, 2.75) is 0 Å². The molecule has 0 aliphatic rings. The van der Waals surface area contributed by atoms with Crippen molar-refractivity contribution < 1.29 is 19.6 Å². The summed E-state index contributed by atoms with van der Waals surface area (Å²) in [5, 5.41) is 20.0. The van der Waals surface area contributed by atoms with Crippen LogP contribution < -0.4 is 4.74 Å². The van der Waals surface area contributed by atoms with Crippen LogP contribution in [-0.4, -0.2) is 28.1 Å². The maximum absolute atomic E-state index is 10.9. The van der Waals surface area contributed by atoms with Crippen molar-refractivity contribution in [2.75, 3.05) is 7.11 Å². The zero-order valence-corrected chi connectivity index (χ0v) is 8.76. The third kappa shape index (κ3) is 1.67. The number of nitrogens with zero attached hydrogens (tertiary/aromatic N) is 1. The number of nitrogens with one attached hydrogen (secondary N) is 1. The highest BCUT2D eigenvalue weighted by Crippen LogP contribution is 2.35. The zero-order valence-electron chi connectivity index (χ0n) is 8.76. The number of carbonyl (C=O) groups is 1. The molecule has 0 saturated carbocycles. The molecule has 1 aromatic carbocycles. The largest absolute Gasteiger partial charge is 0.490 e. The number of aromatic amines is 1. The number of hydrogen-bond donors (Lipinski definition) is 2. The zero-order chi connectivity index (χ0) is 12.6. The van der Waals surface area contributed by atoms with E-state index in [-0.39, 0.29) is 22.5 Å². The molecule has 88 valence electrons. The number of nitro benzene ring substituents is 1. The first-order chi connectivity index (χ1) is 8.04. The van der Waals surface area contributed by atoms with Crippen LogP contribution in [0.25, 0.3) is 10.9 Å². The monoisotopic (exact) mass is 236 g/mol. The van der Waals surface area contributed by atoms with E-state index in [1.807, 2.05) is 0 Å². The van der Waals surface area contributed by atoms with Crippen LogP contribution in [0.1, 0.15) is 10.5 Å². The second-order valence-electron chi connectivity index (χ2n) is 3.32. The van der Waals surface area contributed by atoms with Gasteiger partial charge in [0.2, 0.25) is 0 Å². The van der Waals surface area contributed by atoms with Crippen LogP contribution in [0, 0.1) is 10.1 Å². The minimum absolute atomic E-state index is 0.0958. The Bertz CT molecular complexity index is 616. The number of fused-ring (bicyclic) bond motifs is 1. The highest BCUT2D eigenvalue weighted by molar-refractivity contribution is 5.98. The predicted molar refractivity (Wildman–Crippen MR) is 58.5 cm³/mol. The molecule has 1 heterocycles. The molecular weight excluding hydrogens is 228 g/mol. The molecule has 0 bridgehead atoms. The predicted octanol–water partition coefficient (Wildman–Crippen LogP) is 1.78. The number of nitro groups is 1. The molecule has 0 aliphatic heterocycles. The minimum Gasteiger partial charge on any atom is -0.490 e. The van der Waals surface area contributed by atoms with Gasteiger partial charge in [0, 0.05) is 0 Å². The SMILES string of the molecule is COc1ccc2[nH]c(C(=O)O)cc2c1[N+](=O)[O-]. The van der Waals surface area contributed by atoms with Crippen LogP contribution in [0.15, 0.2) is 18.2 Å². The molecule has 2 aromatic rings. The highest BCUT2D eigenvalue weighted by Gasteiger charge is 2.22. The van der Waals surface area contributed by atoms with E-state index >= 15 is 0 Å². The Kier molecular flexibility index (Phi) is 2.43. The number of aromatic nitrogens is 1. The van der Waals surface area contributed by atoms with Crippen LogP contribution in [0.3, 0.4) is 0 Å². The van der Waals surface area contributed by atoms with Gasteiger partial charge in [-0.2, -0.15) is 0 Å². The maximum Gasteiger partial charge on any atom is 0.352 e. The van der Waals surface area contributed by atoms with Gasteiger partial charge in [-0.3, -0.25) is 10.1 Å². The summed E-state index contributed by atoms with van der Waals surface area (Å²) >= 11 is 0. The molecule has 0 radical (unpaired) electrons. The van der Waals surface area contributed by atoms with Crippen molar-refractivity contribution in [1.82, 2.24) is 4.98 Å². The van der Waals surface area contributed by atoms with E-state index in [1.54, 1.807) is 0 Å². The second kappa shape index (κ2) is 3.78. The summed E-state index contributed by atoms with van der Waals surface area (Å²) in [4.78, 5) is 23.7. The van der Waals surface area contributed by atoms with Gasteiger partial charge in [0.1, 0.15) is 5.69 Å². The van der Waals surface area contributed by atoms with E-state index in [0.29, 0.717) is 5.52 Å². The van der Waals surface area contributed by atoms with E-state index in [2.05, 4.69) is 4.98 Å². The molecule has 2 rings (SSSR count). The molecule has 2 N–H and O–H groups in total. The quantitative estimate of drug-likeness (QED) is 0.624. The standard InChI is InChI=1S/C10H8N2O5/c1-17-8-3-2-6-5(9(8)12(15)16)4-7(11-6)10(13)14/h2-4,11H,1H3,(H,13,14). The van der Waals surface area contributed by atoms with Gasteiger partial charge < -0.3 is 14.8 Å². The van der Waals surface area contributed by atoms with Crippen molar-refractivity contribution in [3.8, 4) is 5.75 Å². The van der Waals surface area contributed by atoms with Crippen LogP contribution in [0.5, 0.6) is 5.75 Å². The Morgan fingerprint density at radius 1 is 1.53 bits per heavy atom. The third-order valence-electron chi connectivity index (χ3n) is 2.37. The summed E-state index contributed by atoms with van der Waals surface area (Å²) in [6.07, 6.45) is 0. The van der Waals surface area contributed by atoms with Gasteiger partial charge in [-0.25, -0.2) is 4.79 Å². The Hall–Kier alpha value is -2.57. The fourth-order valence-electron chi connectivity index (χ4n) is 1.64. The molecule has 0 amide bonds. The van der Waals surface area contributed by atoms with Gasteiger partial charge in [0.05, 0.1) is 22.9 Å². The first-order valence-corrected chi connectivity index (χ1v) is 4.62. The van der Waals surface area contributed by atoms with E-state index in [1.165, 1.54) is 25.3 Å². The number of aromatic carboxylic acids is 1. The van der Waals surface area contributed by atoms with Crippen molar-refractivity contribution in [3.63, 3.8) is 0 Å². The lowest BCUT2D eigenvalue weighted by Gasteiger charge is -2.01. The van der Waals surface area contributed by atoms with Gasteiger partial charge in [0.25, 0.3) is 0 Å². The van der Waals surface area contributed by atoms with Gasteiger partial charge in [0.15, 0.2) is 5.75 Å². The van der Waals surface area contributed by atoms with Gasteiger partial charge in [-0.1, -0.05) is 0 Å². The summed E-state index contributed by atoms with van der Waals surface area (Å²) in [6.45, 7) is 0. The van der Waals surface area contributed by atoms with Crippen LogP contribution >= 0.6 is 0 Å². The number of carboxylic acid groups (broad SMARTS) is 1. The Balaban J connectivity index is 2.80. The van der Waals surface area contributed by atoms with Crippen LogP contribution in [0.4, 0.5) is 5.69 Å². The average Bonchev–Trinajstić information content (AvgIpc) is 2.70. The van der Waals surface area contributed by atoms with Crippen molar-refractivity contribution in [3.05, 3.63) is 34.0 Å². The smallest absolute Gasteiger partial charge is 0.352 e. The number of ether oxygens (including phenoxy) is 1. The summed E-state index contributed by atoms with van der Waals surface area (Å²) in [7, 11) is 1.32. The molecule has 7 nitrogen and oxygen atoms in total. The Morgan fingerprint density at radius 2 is 2.24 bits per heavy atom. The molecule has 0 fully saturated rings. The lowest BCUT2D eigenvalue weighted by Crippen LogP contribution is -1.94. The maximum atomic E-state index is 10.9. The van der Waals surface area contributed by atoms with Gasteiger partial charge >= 0.3 is 11.7 Å². The van der Waals surface area contributed by atoms with Gasteiger partial charge in [-0.05, 0) is 18.2 Å². The number of H-pyrrole nitrogens is 1. The fraction of sp³-hybridized carbons (Fsp3) is 0.100. The third-order valence-corrected chi connectivity index (χ3v) is 2.37. The number of carboxylic acids is 1. The summed E-state index contributed by atoms with van der Waals surface area (Å²) < 4.78 is 4.88. The van der Waals surface area contributed by atoms with Crippen LogP contribution in [-0.2, 0) is 0 Å². The normalized spacial score (nSPS) is 10.4. The summed E-state index contributed by atoms with van der Waals surface area (Å²) in [6, 6.07) is 4.18. The lowest BCUT2D eigenvalue weighted by atomic mass is 10.2. The first kappa shape index (κ1) is 10.9. The van der Waals surface area contributed by atoms with E-state index in [4.69, 9.17) is 9.84 Å². The lowest BCUT2D eigenvalue weighted by molar-refractivity contribution is -0.383. The minimum atomic E-state index is -1.17. The topological polar surface area (TPSA) is 105 Å². The molecular formula is C10H8N2O5. The molecule has 17 heavy (non-hydrogen) atoms. The van der Waals surface area contributed by atoms with Crippen molar-refractivity contribution in [1.29, 1.82) is 0 Å². The highest BCUT2D eigenvalue weighted by atomic mass is 16.6. The average molecular weight is 236 g/mol. The van der Waals surface area contributed by atoms with Crippen molar-refractivity contribution in [2.24, 2.45) is 0 Å². The number of methoxy groups -OCH3 is 1. The van der Waals surface area contributed by atoms with E-state index in [0.717, 1.165) is 0 Å². The first-order valence-electron chi connectivity index (χ1n) is 4.62. The summed E-state index contributed by atoms with van der Waals surface area (Å²) in [5.41, 5.74) is 0.0417. The van der Waals surface area contributed by atoms with Crippen LogP contribution in [0.2, 0.25) is 0 Å². The molecule has 0 spiro atoms. The van der Waals surface area contributed by atoms with E-state index in [9.17, 15) is 14.9 Å². The summed E-state index contributed by atoms with van der Waals surface area (Å²) in [5.74, 6) is -1.08. The number of rotatable bonds is 3. The number of hydrogen-bond acceptors (Lipinski definition) is 4. The molecule has 7 heteroatoms. The molecule has 0 unspecified atom stereocenters. The molecule has 0 saturated heterocycles. The number of benzene rings is 1. The van der Waals surface area contributed by atoms with E-state index < -0.39 is 10.9 Å².